The minimum Gasteiger partial charge on any atom is -0.350 e. The Hall–Kier alpha value is -1.16. The van der Waals surface area contributed by atoms with E-state index in [0.717, 1.165) is 31.9 Å². The predicted molar refractivity (Wildman–Crippen MR) is 65.7 cm³/mol. The molecule has 1 aliphatic heterocycles. The summed E-state index contributed by atoms with van der Waals surface area (Å²) in [5.41, 5.74) is 2.48. The van der Waals surface area contributed by atoms with Crippen molar-refractivity contribution < 1.29 is 0 Å². The monoisotopic (exact) mass is 220 g/mol. The first kappa shape index (κ1) is 11.3. The summed E-state index contributed by atoms with van der Waals surface area (Å²) in [5.74, 6) is 0.744. The average Bonchev–Trinajstić information content (AvgIpc) is 2.39. The third-order valence-corrected chi connectivity index (χ3v) is 2.55. The van der Waals surface area contributed by atoms with Gasteiger partial charge in [-0.2, -0.15) is 0 Å². The molecule has 4 heteroatoms. The summed E-state index contributed by atoms with van der Waals surface area (Å²) < 4.78 is 0. The number of nitrogens with zero attached hydrogens (tertiary/aromatic N) is 2. The Morgan fingerprint density at radius 3 is 2.75 bits per heavy atom. The van der Waals surface area contributed by atoms with Gasteiger partial charge in [0.15, 0.2) is 0 Å². The lowest BCUT2D eigenvalue weighted by atomic mass is 10.1. The normalized spacial score (nSPS) is 16.4. The van der Waals surface area contributed by atoms with Gasteiger partial charge in [-0.05, 0) is 39.3 Å². The van der Waals surface area contributed by atoms with E-state index in [-0.39, 0.29) is 5.54 Å². The number of rotatable bonds is 1. The van der Waals surface area contributed by atoms with E-state index >= 15 is 0 Å². The van der Waals surface area contributed by atoms with Crippen LogP contribution in [-0.2, 0) is 12.8 Å². The molecule has 0 saturated carbocycles. The van der Waals surface area contributed by atoms with Crippen molar-refractivity contribution >= 4 is 5.95 Å². The van der Waals surface area contributed by atoms with Gasteiger partial charge >= 0.3 is 0 Å². The third-order valence-electron chi connectivity index (χ3n) is 2.55. The van der Waals surface area contributed by atoms with Crippen LogP contribution in [0.2, 0.25) is 0 Å². The van der Waals surface area contributed by atoms with E-state index in [1.807, 2.05) is 6.20 Å². The average molecular weight is 220 g/mol. The molecule has 0 saturated heterocycles. The number of fused-ring (bicyclic) bond motifs is 1. The summed E-state index contributed by atoms with van der Waals surface area (Å²) in [6, 6.07) is 0. The zero-order chi connectivity index (χ0) is 11.6. The molecule has 16 heavy (non-hydrogen) atoms. The molecule has 1 aliphatic rings. The SMILES string of the molecule is CC(C)(C)Nc1ncc2c(n1)CCNCC2. The van der Waals surface area contributed by atoms with Gasteiger partial charge in [0.05, 0.1) is 5.69 Å². The highest BCUT2D eigenvalue weighted by Crippen LogP contribution is 2.14. The first-order chi connectivity index (χ1) is 7.54. The Morgan fingerprint density at radius 2 is 2.00 bits per heavy atom. The second-order valence-electron chi connectivity index (χ2n) is 5.29. The van der Waals surface area contributed by atoms with Crippen molar-refractivity contribution in [1.29, 1.82) is 0 Å². The summed E-state index contributed by atoms with van der Waals surface area (Å²) in [7, 11) is 0. The lowest BCUT2D eigenvalue weighted by Crippen LogP contribution is -2.27. The lowest BCUT2D eigenvalue weighted by Gasteiger charge is -2.21. The molecule has 0 radical (unpaired) electrons. The number of aromatic nitrogens is 2. The molecule has 2 rings (SSSR count). The van der Waals surface area contributed by atoms with Crippen LogP contribution in [0.3, 0.4) is 0 Å². The van der Waals surface area contributed by atoms with Crippen LogP contribution in [0.5, 0.6) is 0 Å². The standard InChI is InChI=1S/C12H20N4/c1-12(2,3)16-11-14-8-9-4-6-13-7-5-10(9)15-11/h8,13H,4-7H2,1-3H3,(H,14,15,16). The van der Waals surface area contributed by atoms with Crippen molar-refractivity contribution in [3.8, 4) is 0 Å². The van der Waals surface area contributed by atoms with E-state index in [2.05, 4.69) is 41.4 Å². The summed E-state index contributed by atoms with van der Waals surface area (Å²) >= 11 is 0. The van der Waals surface area contributed by atoms with Crippen LogP contribution in [0.1, 0.15) is 32.0 Å². The van der Waals surface area contributed by atoms with Crippen LogP contribution in [0.25, 0.3) is 0 Å². The fourth-order valence-electron chi connectivity index (χ4n) is 1.82. The summed E-state index contributed by atoms with van der Waals surface area (Å²) in [6.45, 7) is 8.39. The van der Waals surface area contributed by atoms with Gasteiger partial charge in [-0.1, -0.05) is 0 Å². The van der Waals surface area contributed by atoms with Crippen molar-refractivity contribution in [3.05, 3.63) is 17.5 Å². The van der Waals surface area contributed by atoms with E-state index in [9.17, 15) is 0 Å². The van der Waals surface area contributed by atoms with Gasteiger partial charge in [0.25, 0.3) is 0 Å². The maximum Gasteiger partial charge on any atom is 0.223 e. The minimum atomic E-state index is 0.0111. The Labute approximate surface area is 96.9 Å². The quantitative estimate of drug-likeness (QED) is 0.750. The van der Waals surface area contributed by atoms with Crippen LogP contribution in [0.15, 0.2) is 6.20 Å². The number of nitrogens with one attached hydrogen (secondary N) is 2. The molecule has 2 N–H and O–H groups in total. The minimum absolute atomic E-state index is 0.0111. The van der Waals surface area contributed by atoms with Crippen molar-refractivity contribution in [2.24, 2.45) is 0 Å². The Bertz CT molecular complexity index is 368. The van der Waals surface area contributed by atoms with Crippen molar-refractivity contribution in [3.63, 3.8) is 0 Å². The van der Waals surface area contributed by atoms with E-state index in [1.54, 1.807) is 0 Å². The molecule has 2 heterocycles. The summed E-state index contributed by atoms with van der Waals surface area (Å²) in [6.07, 6.45) is 3.99. The molecular formula is C12H20N4. The molecule has 0 spiro atoms. The second-order valence-corrected chi connectivity index (χ2v) is 5.29. The molecule has 0 fully saturated rings. The molecule has 4 nitrogen and oxygen atoms in total. The fraction of sp³-hybridized carbons (Fsp3) is 0.667. The molecule has 1 aromatic heterocycles. The van der Waals surface area contributed by atoms with E-state index in [0.29, 0.717) is 0 Å². The molecule has 0 aliphatic carbocycles. The maximum atomic E-state index is 4.60. The van der Waals surface area contributed by atoms with Crippen LogP contribution in [0.4, 0.5) is 5.95 Å². The number of hydrogen-bond acceptors (Lipinski definition) is 4. The van der Waals surface area contributed by atoms with E-state index in [1.165, 1.54) is 11.3 Å². The maximum absolute atomic E-state index is 4.60. The Balaban J connectivity index is 2.21. The Kier molecular flexibility index (Phi) is 3.10. The number of hydrogen-bond donors (Lipinski definition) is 2. The van der Waals surface area contributed by atoms with Crippen LogP contribution < -0.4 is 10.6 Å². The van der Waals surface area contributed by atoms with Gasteiger partial charge < -0.3 is 10.6 Å². The fourth-order valence-corrected chi connectivity index (χ4v) is 1.82. The molecule has 1 aromatic rings. The highest BCUT2D eigenvalue weighted by Gasteiger charge is 2.14. The van der Waals surface area contributed by atoms with E-state index in [4.69, 9.17) is 0 Å². The molecule has 0 aromatic carbocycles. The van der Waals surface area contributed by atoms with Gasteiger partial charge in [-0.25, -0.2) is 9.97 Å². The van der Waals surface area contributed by atoms with Gasteiger partial charge in [-0.15, -0.1) is 0 Å². The highest BCUT2D eigenvalue weighted by atomic mass is 15.1. The second kappa shape index (κ2) is 4.37. The highest BCUT2D eigenvalue weighted by molar-refractivity contribution is 5.32. The first-order valence-corrected chi connectivity index (χ1v) is 5.88. The van der Waals surface area contributed by atoms with Gasteiger partial charge in [0.1, 0.15) is 0 Å². The molecule has 0 amide bonds. The predicted octanol–water partition coefficient (Wildman–Crippen LogP) is 1.38. The zero-order valence-corrected chi connectivity index (χ0v) is 10.3. The Morgan fingerprint density at radius 1 is 1.25 bits per heavy atom. The van der Waals surface area contributed by atoms with E-state index < -0.39 is 0 Å². The molecule has 88 valence electrons. The number of anilines is 1. The molecule has 0 unspecified atom stereocenters. The van der Waals surface area contributed by atoms with Gasteiger partial charge in [0.2, 0.25) is 5.95 Å². The smallest absolute Gasteiger partial charge is 0.223 e. The first-order valence-electron chi connectivity index (χ1n) is 5.88. The lowest BCUT2D eigenvalue weighted by molar-refractivity contribution is 0.624. The van der Waals surface area contributed by atoms with Crippen LogP contribution >= 0.6 is 0 Å². The molecular weight excluding hydrogens is 200 g/mol. The van der Waals surface area contributed by atoms with Gasteiger partial charge in [0, 0.05) is 24.7 Å². The van der Waals surface area contributed by atoms with Gasteiger partial charge in [-0.3, -0.25) is 0 Å². The van der Waals surface area contributed by atoms with Crippen LogP contribution in [0, 0.1) is 0 Å². The van der Waals surface area contributed by atoms with Crippen molar-refractivity contribution in [2.45, 2.75) is 39.2 Å². The zero-order valence-electron chi connectivity index (χ0n) is 10.3. The largest absolute Gasteiger partial charge is 0.350 e. The summed E-state index contributed by atoms with van der Waals surface area (Å²) in [5, 5.41) is 6.68. The topological polar surface area (TPSA) is 49.8 Å². The van der Waals surface area contributed by atoms with Crippen molar-refractivity contribution in [2.75, 3.05) is 18.4 Å². The van der Waals surface area contributed by atoms with Crippen molar-refractivity contribution in [1.82, 2.24) is 15.3 Å². The van der Waals surface area contributed by atoms with Crippen LogP contribution in [-0.4, -0.2) is 28.6 Å². The molecule has 0 atom stereocenters. The third kappa shape index (κ3) is 2.92. The molecule has 0 bridgehead atoms. The summed E-state index contributed by atoms with van der Waals surface area (Å²) in [4.78, 5) is 8.97.